The molecule has 2 fully saturated rings. The Labute approximate surface area is 222 Å². The molecule has 0 saturated carbocycles. The Kier molecular flexibility index (Phi) is 9.04. The Morgan fingerprint density at radius 3 is 2.42 bits per heavy atom. The second kappa shape index (κ2) is 12.6. The molecular formula is C29H34N2O7. The highest BCUT2D eigenvalue weighted by atomic mass is 16.5. The molecule has 9 heteroatoms. The van der Waals surface area contributed by atoms with E-state index in [0.717, 1.165) is 19.6 Å². The molecule has 1 atom stereocenters. The number of ether oxygens (including phenoxy) is 4. The number of aliphatic hydroxyl groups is 1. The number of aliphatic hydroxyl groups excluding tert-OH is 1. The molecular weight excluding hydrogens is 488 g/mol. The molecule has 2 aromatic rings. The molecule has 9 nitrogen and oxygen atoms in total. The molecule has 2 aliphatic heterocycles. The van der Waals surface area contributed by atoms with Gasteiger partial charge in [-0.1, -0.05) is 24.8 Å². The van der Waals surface area contributed by atoms with Crippen LogP contribution in [0.4, 0.5) is 0 Å². The van der Waals surface area contributed by atoms with Gasteiger partial charge in [-0.2, -0.15) is 0 Å². The average molecular weight is 523 g/mol. The number of morpholine rings is 1. The Morgan fingerprint density at radius 1 is 1.05 bits per heavy atom. The van der Waals surface area contributed by atoms with Crippen molar-refractivity contribution in [3.05, 3.63) is 71.8 Å². The Morgan fingerprint density at radius 2 is 1.76 bits per heavy atom. The zero-order chi connectivity index (χ0) is 27.1. The normalized spacial score (nSPS) is 19.4. The quantitative estimate of drug-likeness (QED) is 0.208. The Balaban J connectivity index is 1.69. The number of hydrogen-bond acceptors (Lipinski definition) is 8. The predicted molar refractivity (Wildman–Crippen MR) is 143 cm³/mol. The zero-order valence-electron chi connectivity index (χ0n) is 21.9. The van der Waals surface area contributed by atoms with Crippen molar-refractivity contribution in [1.82, 2.24) is 9.80 Å². The van der Waals surface area contributed by atoms with Gasteiger partial charge >= 0.3 is 0 Å². The first-order valence-electron chi connectivity index (χ1n) is 12.6. The molecule has 0 unspecified atom stereocenters. The number of ketones is 1. The summed E-state index contributed by atoms with van der Waals surface area (Å²) < 4.78 is 21.7. The molecule has 0 radical (unpaired) electrons. The third kappa shape index (κ3) is 5.84. The molecule has 0 aliphatic carbocycles. The smallest absolute Gasteiger partial charge is 0.295 e. The van der Waals surface area contributed by atoms with Crippen LogP contribution in [0, 0.1) is 0 Å². The summed E-state index contributed by atoms with van der Waals surface area (Å²) in [5.41, 5.74) is 1.09. The molecule has 0 aromatic heterocycles. The highest BCUT2D eigenvalue weighted by Crippen LogP contribution is 2.41. The van der Waals surface area contributed by atoms with Gasteiger partial charge in [0.05, 0.1) is 39.0 Å². The van der Waals surface area contributed by atoms with Crippen molar-refractivity contribution >= 4 is 17.4 Å². The van der Waals surface area contributed by atoms with E-state index in [1.54, 1.807) is 41.3 Å². The lowest BCUT2D eigenvalue weighted by molar-refractivity contribution is -0.140. The topological polar surface area (TPSA) is 97.8 Å². The molecule has 202 valence electrons. The summed E-state index contributed by atoms with van der Waals surface area (Å²) in [7, 11) is 3.01. The lowest BCUT2D eigenvalue weighted by Gasteiger charge is -2.29. The van der Waals surface area contributed by atoms with Crippen LogP contribution in [0.1, 0.15) is 23.6 Å². The van der Waals surface area contributed by atoms with Gasteiger partial charge in [0, 0.05) is 31.7 Å². The summed E-state index contributed by atoms with van der Waals surface area (Å²) in [4.78, 5) is 30.4. The number of carbonyl (C=O) groups is 2. The second-order valence-electron chi connectivity index (χ2n) is 9.04. The third-order valence-corrected chi connectivity index (χ3v) is 6.74. The predicted octanol–water partition coefficient (Wildman–Crippen LogP) is 3.41. The van der Waals surface area contributed by atoms with E-state index in [-0.39, 0.29) is 11.3 Å². The van der Waals surface area contributed by atoms with E-state index < -0.39 is 17.7 Å². The van der Waals surface area contributed by atoms with Crippen LogP contribution in [0.3, 0.4) is 0 Å². The monoisotopic (exact) mass is 522 g/mol. The van der Waals surface area contributed by atoms with Gasteiger partial charge in [0.25, 0.3) is 11.7 Å². The maximum Gasteiger partial charge on any atom is 0.295 e. The highest BCUT2D eigenvalue weighted by molar-refractivity contribution is 6.46. The molecule has 4 rings (SSSR count). The van der Waals surface area contributed by atoms with Crippen molar-refractivity contribution in [2.24, 2.45) is 0 Å². The fraction of sp³-hybridized carbons (Fsp3) is 0.379. The second-order valence-corrected chi connectivity index (χ2v) is 9.04. The molecule has 2 aromatic carbocycles. The summed E-state index contributed by atoms with van der Waals surface area (Å²) >= 11 is 0. The number of carbonyl (C=O) groups excluding carboxylic acids is 2. The van der Waals surface area contributed by atoms with E-state index in [9.17, 15) is 14.7 Å². The number of hydrogen-bond donors (Lipinski definition) is 1. The molecule has 0 spiro atoms. The van der Waals surface area contributed by atoms with E-state index in [1.165, 1.54) is 14.2 Å². The van der Waals surface area contributed by atoms with Crippen LogP contribution in [-0.2, 0) is 14.3 Å². The number of likely N-dealkylation sites (tertiary alicyclic amines) is 1. The highest BCUT2D eigenvalue weighted by Gasteiger charge is 2.45. The molecule has 2 heterocycles. The van der Waals surface area contributed by atoms with E-state index in [4.69, 9.17) is 18.9 Å². The van der Waals surface area contributed by atoms with Crippen LogP contribution in [-0.4, -0.2) is 86.8 Å². The lowest BCUT2D eigenvalue weighted by Crippen LogP contribution is -2.38. The van der Waals surface area contributed by atoms with Crippen LogP contribution in [0.25, 0.3) is 5.76 Å². The fourth-order valence-electron chi connectivity index (χ4n) is 4.79. The van der Waals surface area contributed by atoms with Crippen molar-refractivity contribution in [2.75, 3.05) is 60.2 Å². The molecule has 2 saturated heterocycles. The minimum Gasteiger partial charge on any atom is -0.507 e. The van der Waals surface area contributed by atoms with Gasteiger partial charge in [0.15, 0.2) is 11.5 Å². The number of benzene rings is 2. The summed E-state index contributed by atoms with van der Waals surface area (Å²) in [6.45, 7) is 8.23. The summed E-state index contributed by atoms with van der Waals surface area (Å²) in [6.07, 6.45) is 2.33. The van der Waals surface area contributed by atoms with Crippen molar-refractivity contribution in [1.29, 1.82) is 0 Å². The molecule has 1 N–H and O–H groups in total. The summed E-state index contributed by atoms with van der Waals surface area (Å²) in [5, 5.41) is 11.4. The standard InChI is InChI=1S/C29H34N2O7/c1-4-16-38-22-9-6-20(7-10-22)26-25(27(32)21-8-11-23(35-2)24(19-21)36-3)28(33)29(34)31(26)13-5-12-30-14-17-37-18-15-30/h4,6-11,19,26,32H,1,5,12-18H2,2-3H3/b27-25+/t26-/m1/s1. The molecule has 1 amide bonds. The van der Waals surface area contributed by atoms with Gasteiger partial charge in [0.2, 0.25) is 0 Å². The fourth-order valence-corrected chi connectivity index (χ4v) is 4.79. The van der Waals surface area contributed by atoms with Crippen molar-refractivity contribution in [3.8, 4) is 17.2 Å². The lowest BCUT2D eigenvalue weighted by atomic mass is 9.95. The van der Waals surface area contributed by atoms with Crippen LogP contribution in [0.5, 0.6) is 17.2 Å². The van der Waals surface area contributed by atoms with E-state index >= 15 is 0 Å². The maximum absolute atomic E-state index is 13.3. The molecule has 2 aliphatic rings. The SMILES string of the molecule is C=CCOc1ccc([C@@H]2/C(=C(\O)c3ccc(OC)c(OC)c3)C(=O)C(=O)N2CCCN2CCOCC2)cc1. The van der Waals surface area contributed by atoms with Gasteiger partial charge in [-0.05, 0) is 42.3 Å². The summed E-state index contributed by atoms with van der Waals surface area (Å²) in [5.74, 6) is -0.0998. The van der Waals surface area contributed by atoms with Gasteiger partial charge in [-0.15, -0.1) is 0 Å². The van der Waals surface area contributed by atoms with Crippen LogP contribution in [0.2, 0.25) is 0 Å². The third-order valence-electron chi connectivity index (χ3n) is 6.74. The van der Waals surface area contributed by atoms with Gasteiger partial charge < -0.3 is 29.0 Å². The average Bonchev–Trinajstić information content (AvgIpc) is 3.21. The van der Waals surface area contributed by atoms with Crippen LogP contribution < -0.4 is 14.2 Å². The van der Waals surface area contributed by atoms with Crippen LogP contribution >= 0.6 is 0 Å². The van der Waals surface area contributed by atoms with Crippen molar-refractivity contribution in [3.63, 3.8) is 0 Å². The number of Topliss-reactive ketones (excluding diaryl/α,β-unsaturated/α-hetero) is 1. The van der Waals surface area contributed by atoms with Gasteiger partial charge in [-0.3, -0.25) is 14.5 Å². The minimum atomic E-state index is -0.749. The zero-order valence-corrected chi connectivity index (χ0v) is 21.9. The number of methoxy groups -OCH3 is 2. The van der Waals surface area contributed by atoms with E-state index in [0.29, 0.717) is 61.2 Å². The largest absolute Gasteiger partial charge is 0.507 e. The van der Waals surface area contributed by atoms with E-state index in [1.807, 2.05) is 12.1 Å². The Bertz CT molecular complexity index is 1190. The number of amides is 1. The first kappa shape index (κ1) is 27.2. The van der Waals surface area contributed by atoms with Crippen LogP contribution in [0.15, 0.2) is 60.7 Å². The first-order valence-corrected chi connectivity index (χ1v) is 12.6. The van der Waals surface area contributed by atoms with Gasteiger partial charge in [0.1, 0.15) is 18.1 Å². The van der Waals surface area contributed by atoms with Gasteiger partial charge in [-0.25, -0.2) is 0 Å². The maximum atomic E-state index is 13.3. The molecule has 0 bridgehead atoms. The summed E-state index contributed by atoms with van der Waals surface area (Å²) in [6, 6.07) is 11.3. The number of rotatable bonds is 11. The number of nitrogens with zero attached hydrogens (tertiary/aromatic N) is 2. The van der Waals surface area contributed by atoms with Crippen molar-refractivity contribution in [2.45, 2.75) is 12.5 Å². The molecule has 38 heavy (non-hydrogen) atoms. The van der Waals surface area contributed by atoms with E-state index in [2.05, 4.69) is 11.5 Å². The first-order chi connectivity index (χ1) is 18.5. The van der Waals surface area contributed by atoms with Crippen molar-refractivity contribution < 1.29 is 33.6 Å². The minimum absolute atomic E-state index is 0.0355. The Hall–Kier alpha value is -3.82.